The molecular formula is C11H15N5O4. The van der Waals surface area contributed by atoms with Gasteiger partial charge in [0, 0.05) is 0 Å². The van der Waals surface area contributed by atoms with E-state index >= 15 is 0 Å². The van der Waals surface area contributed by atoms with Crippen LogP contribution in [0.5, 0.6) is 0 Å². The van der Waals surface area contributed by atoms with Gasteiger partial charge in [0.2, 0.25) is 0 Å². The fourth-order valence-corrected chi connectivity index (χ4v) is 2.18. The number of rotatable bonds is 2. The molecule has 3 heterocycles. The van der Waals surface area contributed by atoms with Gasteiger partial charge >= 0.3 is 0 Å². The second kappa shape index (κ2) is 4.94. The topological polar surface area (TPSA) is 136 Å². The molecule has 9 heteroatoms. The minimum absolute atomic E-state index is 0.396. The number of nitrogens with zero attached hydrogens (tertiary/aromatic N) is 3. The lowest BCUT2D eigenvalue weighted by molar-refractivity contribution is -0.209. The maximum absolute atomic E-state index is 9.94. The van der Waals surface area contributed by atoms with Crippen molar-refractivity contribution in [3.8, 4) is 0 Å². The van der Waals surface area contributed by atoms with Crippen LogP contribution in [0.15, 0.2) is 12.7 Å². The van der Waals surface area contributed by atoms with Gasteiger partial charge in [-0.05, 0) is 6.92 Å². The molecule has 0 aromatic carbocycles. The van der Waals surface area contributed by atoms with Crippen molar-refractivity contribution < 1.29 is 20.1 Å². The highest BCUT2D eigenvalue weighted by Gasteiger charge is 2.42. The summed E-state index contributed by atoms with van der Waals surface area (Å²) in [6, 6.07) is 0. The average molecular weight is 281 g/mol. The normalized spacial score (nSPS) is 34.3. The van der Waals surface area contributed by atoms with Gasteiger partial charge in [0.1, 0.15) is 30.2 Å². The number of nitrogens with one attached hydrogen (secondary N) is 2. The molecule has 5 N–H and O–H groups in total. The van der Waals surface area contributed by atoms with E-state index in [1.165, 1.54) is 12.7 Å². The Morgan fingerprint density at radius 1 is 1.15 bits per heavy atom. The first-order chi connectivity index (χ1) is 9.58. The summed E-state index contributed by atoms with van der Waals surface area (Å²) in [6.07, 6.45) is -2.43. The summed E-state index contributed by atoms with van der Waals surface area (Å²) >= 11 is 0. The number of aliphatic hydroxyl groups excluding tert-OH is 3. The fourth-order valence-electron chi connectivity index (χ4n) is 2.18. The fraction of sp³-hybridized carbons (Fsp3) is 0.545. The molecule has 0 amide bonds. The molecule has 1 aliphatic heterocycles. The Kier molecular flexibility index (Phi) is 3.26. The van der Waals surface area contributed by atoms with Gasteiger partial charge in [0.25, 0.3) is 0 Å². The molecule has 20 heavy (non-hydrogen) atoms. The van der Waals surface area contributed by atoms with Crippen molar-refractivity contribution in [2.45, 2.75) is 37.6 Å². The maximum atomic E-state index is 9.94. The zero-order chi connectivity index (χ0) is 14.3. The number of aliphatic hydroxyl groups is 3. The lowest BCUT2D eigenvalue weighted by Crippen LogP contribution is -2.58. The minimum atomic E-state index is -1.30. The molecule has 1 aliphatic rings. The predicted octanol–water partition coefficient (Wildman–Crippen LogP) is -1.41. The monoisotopic (exact) mass is 281 g/mol. The number of fused-ring (bicyclic) bond motifs is 1. The van der Waals surface area contributed by atoms with Crippen LogP contribution in [0.4, 0.5) is 5.82 Å². The molecule has 5 atom stereocenters. The standard InChI is InChI=1S/C11H15N5O4/c1-4-6(17)7(18)8(19)11(20-4)16-10-5-9(13-2-12-5)14-3-15-10/h2-4,6-8,11,17-19H,1H3,(H2,12,13,14,15,16)/t4-,6-,7+,8+,11-/m0/s1. The number of anilines is 1. The van der Waals surface area contributed by atoms with E-state index in [-0.39, 0.29) is 0 Å². The lowest BCUT2D eigenvalue weighted by Gasteiger charge is -2.39. The van der Waals surface area contributed by atoms with Crippen LogP contribution in [0.3, 0.4) is 0 Å². The van der Waals surface area contributed by atoms with Crippen molar-refractivity contribution in [1.82, 2.24) is 19.9 Å². The molecule has 2 aromatic heterocycles. The molecule has 3 rings (SSSR count). The van der Waals surface area contributed by atoms with Crippen molar-refractivity contribution >= 4 is 17.0 Å². The Labute approximate surface area is 113 Å². The number of imidazole rings is 1. The molecule has 2 aromatic rings. The van der Waals surface area contributed by atoms with Crippen molar-refractivity contribution in [1.29, 1.82) is 0 Å². The Balaban J connectivity index is 1.85. The van der Waals surface area contributed by atoms with Crippen LogP contribution in [0, 0.1) is 0 Å². The number of aromatic nitrogens is 4. The SMILES string of the molecule is C[C@@H]1O[C@H](Nc2ncnc3nc[nH]c23)[C@H](O)[C@H](O)[C@H]1O. The number of H-pyrrole nitrogens is 1. The van der Waals surface area contributed by atoms with E-state index in [0.717, 1.165) is 0 Å². The highest BCUT2D eigenvalue weighted by atomic mass is 16.5. The summed E-state index contributed by atoms with van der Waals surface area (Å²) in [6.45, 7) is 1.61. The van der Waals surface area contributed by atoms with Crippen LogP contribution in [0.2, 0.25) is 0 Å². The molecule has 0 spiro atoms. The molecule has 0 unspecified atom stereocenters. The van der Waals surface area contributed by atoms with Gasteiger partial charge in [-0.1, -0.05) is 0 Å². The minimum Gasteiger partial charge on any atom is -0.388 e. The van der Waals surface area contributed by atoms with Gasteiger partial charge in [-0.15, -0.1) is 0 Å². The molecule has 1 fully saturated rings. The van der Waals surface area contributed by atoms with Gasteiger partial charge < -0.3 is 30.4 Å². The molecule has 0 aliphatic carbocycles. The van der Waals surface area contributed by atoms with Gasteiger partial charge in [0.05, 0.1) is 12.4 Å². The summed E-state index contributed by atoms with van der Waals surface area (Å²) < 4.78 is 5.44. The van der Waals surface area contributed by atoms with Crippen LogP contribution < -0.4 is 5.32 Å². The second-order valence-corrected chi connectivity index (χ2v) is 4.70. The Morgan fingerprint density at radius 2 is 1.95 bits per heavy atom. The number of hydrogen-bond acceptors (Lipinski definition) is 8. The Morgan fingerprint density at radius 3 is 2.75 bits per heavy atom. The summed E-state index contributed by atoms with van der Waals surface area (Å²) in [7, 11) is 0. The molecule has 0 radical (unpaired) electrons. The first-order valence-electron chi connectivity index (χ1n) is 6.18. The number of aromatic amines is 1. The summed E-state index contributed by atoms with van der Waals surface area (Å²) in [4.78, 5) is 14.9. The summed E-state index contributed by atoms with van der Waals surface area (Å²) in [5.41, 5.74) is 1.04. The van der Waals surface area contributed by atoms with E-state index in [9.17, 15) is 15.3 Å². The van der Waals surface area contributed by atoms with Crippen molar-refractivity contribution in [3.63, 3.8) is 0 Å². The van der Waals surface area contributed by atoms with Crippen LogP contribution in [-0.4, -0.2) is 65.9 Å². The molecule has 0 bridgehead atoms. The number of ether oxygens (including phenoxy) is 1. The summed E-state index contributed by atoms with van der Waals surface area (Å²) in [5, 5.41) is 32.2. The van der Waals surface area contributed by atoms with Crippen molar-refractivity contribution in [2.75, 3.05) is 5.32 Å². The molecule has 1 saturated heterocycles. The van der Waals surface area contributed by atoms with Crippen LogP contribution in [0.25, 0.3) is 11.2 Å². The van der Waals surface area contributed by atoms with Crippen LogP contribution in [-0.2, 0) is 4.74 Å². The third-order valence-electron chi connectivity index (χ3n) is 3.35. The third-order valence-corrected chi connectivity index (χ3v) is 3.35. The molecule has 0 saturated carbocycles. The van der Waals surface area contributed by atoms with Crippen molar-refractivity contribution in [3.05, 3.63) is 12.7 Å². The Hall–Kier alpha value is -1.81. The first kappa shape index (κ1) is 13.2. The first-order valence-corrected chi connectivity index (χ1v) is 6.18. The van der Waals surface area contributed by atoms with E-state index in [1.807, 2.05) is 0 Å². The van der Waals surface area contributed by atoms with Crippen LogP contribution in [0.1, 0.15) is 6.92 Å². The van der Waals surface area contributed by atoms with Gasteiger partial charge in [0.15, 0.2) is 17.7 Å². The van der Waals surface area contributed by atoms with Crippen molar-refractivity contribution in [2.24, 2.45) is 0 Å². The quantitative estimate of drug-likeness (QED) is 0.453. The highest BCUT2D eigenvalue weighted by Crippen LogP contribution is 2.23. The van der Waals surface area contributed by atoms with E-state index in [0.29, 0.717) is 17.0 Å². The van der Waals surface area contributed by atoms with Gasteiger partial charge in [-0.3, -0.25) is 0 Å². The van der Waals surface area contributed by atoms with Gasteiger partial charge in [-0.2, -0.15) is 0 Å². The predicted molar refractivity (Wildman–Crippen MR) is 67.7 cm³/mol. The lowest BCUT2D eigenvalue weighted by atomic mass is 9.99. The van der Waals surface area contributed by atoms with E-state index < -0.39 is 30.6 Å². The zero-order valence-corrected chi connectivity index (χ0v) is 10.6. The van der Waals surface area contributed by atoms with Crippen LogP contribution >= 0.6 is 0 Å². The second-order valence-electron chi connectivity index (χ2n) is 4.70. The molecule has 108 valence electrons. The number of hydrogen-bond donors (Lipinski definition) is 5. The largest absolute Gasteiger partial charge is 0.388 e. The average Bonchev–Trinajstić information content (AvgIpc) is 2.92. The van der Waals surface area contributed by atoms with E-state index in [2.05, 4.69) is 25.3 Å². The Bertz CT molecular complexity index is 605. The molecular weight excluding hydrogens is 266 g/mol. The summed E-state index contributed by atoms with van der Waals surface area (Å²) in [5.74, 6) is 0.396. The zero-order valence-electron chi connectivity index (χ0n) is 10.6. The highest BCUT2D eigenvalue weighted by molar-refractivity contribution is 5.81. The van der Waals surface area contributed by atoms with E-state index in [4.69, 9.17) is 4.74 Å². The van der Waals surface area contributed by atoms with E-state index in [1.54, 1.807) is 6.92 Å². The third kappa shape index (κ3) is 2.10. The molecule has 9 nitrogen and oxygen atoms in total. The maximum Gasteiger partial charge on any atom is 0.182 e. The smallest absolute Gasteiger partial charge is 0.182 e. The van der Waals surface area contributed by atoms with Gasteiger partial charge in [-0.25, -0.2) is 15.0 Å².